The van der Waals surface area contributed by atoms with E-state index in [9.17, 15) is 0 Å². The van der Waals surface area contributed by atoms with E-state index in [1.54, 1.807) is 9.80 Å². The first kappa shape index (κ1) is 30.0. The van der Waals surface area contributed by atoms with E-state index in [1.807, 2.05) is 0 Å². The van der Waals surface area contributed by atoms with Gasteiger partial charge in [0.2, 0.25) is 0 Å². The topological polar surface area (TPSA) is 209 Å². The van der Waals surface area contributed by atoms with Gasteiger partial charge in [-0.05, 0) is 0 Å². The van der Waals surface area contributed by atoms with Gasteiger partial charge in [0.25, 0.3) is 0 Å². The van der Waals surface area contributed by atoms with Crippen LogP contribution in [0.3, 0.4) is 0 Å². The molecule has 0 aromatic carbocycles. The Bertz CT molecular complexity index is 196. The third-order valence-corrected chi connectivity index (χ3v) is 2.50. The molecular weight excluding hydrogens is 380 g/mol. The summed E-state index contributed by atoms with van der Waals surface area (Å²) in [4.78, 5) is 3.58. The van der Waals surface area contributed by atoms with Crippen molar-refractivity contribution in [2.24, 2.45) is 0 Å². The molecular formula is C12H34N2O10Ti. The molecule has 0 aromatic rings. The Balaban J connectivity index is -0.000000308. The van der Waals surface area contributed by atoms with Gasteiger partial charge in [-0.15, -0.1) is 0 Å². The molecule has 10 N–H and O–H groups in total. The van der Waals surface area contributed by atoms with Crippen molar-refractivity contribution in [2.75, 3.05) is 78.9 Å². The van der Waals surface area contributed by atoms with Crippen LogP contribution in [-0.2, 0) is 18.1 Å². The molecule has 0 atom stereocenters. The van der Waals surface area contributed by atoms with E-state index in [0.29, 0.717) is 39.3 Å². The Morgan fingerprint density at radius 2 is 0.520 bits per heavy atom. The Morgan fingerprint density at radius 1 is 0.400 bits per heavy atom. The molecule has 0 fully saturated rings. The number of aliphatic hydroxyl groups is 6. The van der Waals surface area contributed by atoms with Gasteiger partial charge in [-0.3, -0.25) is 9.80 Å². The summed E-state index contributed by atoms with van der Waals surface area (Å²) in [6, 6.07) is 0. The summed E-state index contributed by atoms with van der Waals surface area (Å²) in [6.07, 6.45) is 0. The first-order chi connectivity index (χ1) is 11.7. The van der Waals surface area contributed by atoms with E-state index in [2.05, 4.69) is 0 Å². The van der Waals surface area contributed by atoms with Crippen molar-refractivity contribution >= 4 is 0 Å². The molecule has 0 bridgehead atoms. The number of aliphatic hydroxyl groups excluding tert-OH is 6. The van der Waals surface area contributed by atoms with E-state index in [4.69, 9.17) is 45.4 Å². The van der Waals surface area contributed by atoms with Gasteiger partial charge in [-0.2, -0.15) is 0 Å². The minimum absolute atomic E-state index is 0.0694. The van der Waals surface area contributed by atoms with Crippen LogP contribution in [0.25, 0.3) is 0 Å². The van der Waals surface area contributed by atoms with Crippen molar-refractivity contribution in [1.82, 2.24) is 9.80 Å². The molecule has 0 rings (SSSR count). The van der Waals surface area contributed by atoms with Crippen molar-refractivity contribution in [2.45, 2.75) is 0 Å². The quantitative estimate of drug-likeness (QED) is 0.136. The van der Waals surface area contributed by atoms with E-state index >= 15 is 0 Å². The summed E-state index contributed by atoms with van der Waals surface area (Å²) in [5.74, 6) is 0. The van der Waals surface area contributed by atoms with Gasteiger partial charge in [0.15, 0.2) is 0 Å². The molecule has 13 heteroatoms. The van der Waals surface area contributed by atoms with Crippen LogP contribution in [0.4, 0.5) is 0 Å². The molecule has 0 aliphatic carbocycles. The fraction of sp³-hybridized carbons (Fsp3) is 1.00. The summed E-state index contributed by atoms with van der Waals surface area (Å²) in [5.41, 5.74) is 0. The average Bonchev–Trinajstić information content (AvgIpc) is 2.48. The fourth-order valence-corrected chi connectivity index (χ4v) is 1.52. The number of hydrogen-bond donors (Lipinski definition) is 10. The molecule has 0 aliphatic heterocycles. The van der Waals surface area contributed by atoms with Gasteiger partial charge in [0.05, 0.1) is 39.6 Å². The van der Waals surface area contributed by atoms with Gasteiger partial charge in [-0.1, -0.05) is 0 Å². The van der Waals surface area contributed by atoms with E-state index < -0.39 is 18.1 Å². The number of nitrogens with zero attached hydrogens (tertiary/aromatic N) is 2. The number of hydrogen-bond acceptors (Lipinski definition) is 12. The van der Waals surface area contributed by atoms with Gasteiger partial charge in [0.1, 0.15) is 0 Å². The third kappa shape index (κ3) is 36.0. The second-order valence-corrected chi connectivity index (χ2v) is 6.50. The SMILES string of the molecule is OCCN(CCO)CCO.OCCN(CCO)CCO.[OH][Ti]([OH])([OH])[OH]. The Labute approximate surface area is 152 Å². The van der Waals surface area contributed by atoms with Crippen LogP contribution in [0, 0.1) is 0 Å². The standard InChI is InChI=1S/2C6H15NO3.4H2O.Ti/c2*8-4-1-7(2-5-9)3-6-10;;;;;/h2*8-10H,1-6H2;4*1H2;/q;;;;;;+4/p-4. The summed E-state index contributed by atoms with van der Waals surface area (Å²) in [6.45, 7) is 3.51. The normalized spacial score (nSPS) is 11.0. The van der Waals surface area contributed by atoms with E-state index in [0.717, 1.165) is 0 Å². The van der Waals surface area contributed by atoms with Gasteiger partial charge < -0.3 is 30.6 Å². The monoisotopic (exact) mass is 414 g/mol. The zero-order valence-electron chi connectivity index (χ0n) is 14.4. The maximum atomic E-state index is 8.48. The molecule has 25 heavy (non-hydrogen) atoms. The Morgan fingerprint density at radius 3 is 0.600 bits per heavy atom. The third-order valence-electron chi connectivity index (χ3n) is 2.50. The summed E-state index contributed by atoms with van der Waals surface area (Å²) in [5, 5.41) is 50.9. The predicted molar refractivity (Wildman–Crippen MR) is 84.3 cm³/mol. The van der Waals surface area contributed by atoms with Crippen molar-refractivity contribution in [3.05, 3.63) is 0 Å². The van der Waals surface area contributed by atoms with Crippen LogP contribution in [0.15, 0.2) is 0 Å². The second kappa shape index (κ2) is 22.3. The van der Waals surface area contributed by atoms with E-state index in [1.165, 1.54) is 0 Å². The summed E-state index contributed by atoms with van der Waals surface area (Å²) in [7, 11) is 0. The van der Waals surface area contributed by atoms with Crippen LogP contribution >= 0.6 is 0 Å². The van der Waals surface area contributed by atoms with Crippen LogP contribution in [-0.4, -0.2) is 134 Å². The molecule has 0 saturated heterocycles. The molecule has 0 heterocycles. The zero-order chi connectivity index (χ0) is 20.1. The maximum absolute atomic E-state index is 8.48. The zero-order valence-corrected chi connectivity index (χ0v) is 15.9. The molecule has 0 saturated carbocycles. The molecule has 0 amide bonds. The van der Waals surface area contributed by atoms with Crippen LogP contribution < -0.4 is 0 Å². The Hall–Kier alpha value is 0.234. The fourth-order valence-electron chi connectivity index (χ4n) is 1.52. The van der Waals surface area contributed by atoms with Gasteiger partial charge in [0, 0.05) is 39.3 Å². The van der Waals surface area contributed by atoms with Crippen LogP contribution in [0.2, 0.25) is 0 Å². The van der Waals surface area contributed by atoms with Crippen molar-refractivity contribution in [1.29, 1.82) is 0 Å². The van der Waals surface area contributed by atoms with Gasteiger partial charge in [-0.25, -0.2) is 0 Å². The minimum atomic E-state index is -5.00. The molecule has 12 nitrogen and oxygen atoms in total. The molecule has 0 radical (unpaired) electrons. The van der Waals surface area contributed by atoms with Crippen molar-refractivity contribution in [3.63, 3.8) is 0 Å². The molecule has 0 aromatic heterocycles. The molecule has 0 unspecified atom stereocenters. The first-order valence-electron chi connectivity index (χ1n) is 7.69. The predicted octanol–water partition coefficient (Wildman–Crippen LogP) is -5.70. The second-order valence-electron chi connectivity index (χ2n) is 4.62. The summed E-state index contributed by atoms with van der Waals surface area (Å²) < 4.78 is 29.5. The number of rotatable bonds is 12. The first-order valence-corrected chi connectivity index (χ1v) is 10.5. The van der Waals surface area contributed by atoms with Crippen LogP contribution in [0.1, 0.15) is 0 Å². The van der Waals surface area contributed by atoms with Crippen molar-refractivity contribution in [3.8, 4) is 0 Å². The van der Waals surface area contributed by atoms with E-state index in [-0.39, 0.29) is 39.6 Å². The Kier molecular flexibility index (Phi) is 26.7. The molecule has 0 aliphatic rings. The van der Waals surface area contributed by atoms with Gasteiger partial charge >= 0.3 is 32.9 Å². The average molecular weight is 414 g/mol. The van der Waals surface area contributed by atoms with Crippen LogP contribution in [0.5, 0.6) is 0 Å². The summed E-state index contributed by atoms with van der Waals surface area (Å²) >= 11 is -5.00. The molecule has 0 spiro atoms. The van der Waals surface area contributed by atoms with Crippen molar-refractivity contribution < 1.29 is 63.5 Å². The molecule has 156 valence electrons.